The minimum absolute atomic E-state index is 0.215. The van der Waals surface area contributed by atoms with Crippen LogP contribution in [-0.4, -0.2) is 17.6 Å². The van der Waals surface area contributed by atoms with Gasteiger partial charge in [0.1, 0.15) is 0 Å². The molecule has 0 saturated carbocycles. The van der Waals surface area contributed by atoms with Crippen LogP contribution < -0.4 is 4.90 Å². The van der Waals surface area contributed by atoms with E-state index in [0.717, 1.165) is 4.90 Å². The Balaban J connectivity index is 2.04. The molecule has 1 heterocycles. The summed E-state index contributed by atoms with van der Waals surface area (Å²) in [4.78, 5) is 40.1. The summed E-state index contributed by atoms with van der Waals surface area (Å²) in [5.41, 5.74) is 2.51. The number of hydrogen-bond acceptors (Lipinski definition) is 3. The molecule has 1 aliphatic heterocycles. The number of para-hydroxylation sites is 1. The number of anilines is 1. The van der Waals surface area contributed by atoms with Crippen molar-refractivity contribution in [2.24, 2.45) is 0 Å². The standard InChI is InChI=1S/C24H16ClNO3/c1-15(27)26-20-10-6-5-9-19(20)22(24(26)29)21(16-11-13-18(25)14-12-16)23(28)17-7-3-2-4-8-17/h2-14H,1H3/b22-21-. The minimum atomic E-state index is -0.507. The summed E-state index contributed by atoms with van der Waals surface area (Å²) in [6.45, 7) is 1.33. The highest BCUT2D eigenvalue weighted by molar-refractivity contribution is 6.51. The maximum Gasteiger partial charge on any atom is 0.266 e. The highest BCUT2D eigenvalue weighted by Gasteiger charge is 2.38. The van der Waals surface area contributed by atoms with Crippen LogP contribution in [-0.2, 0) is 9.59 Å². The van der Waals surface area contributed by atoms with E-state index in [1.54, 1.807) is 72.8 Å². The fourth-order valence-electron chi connectivity index (χ4n) is 3.51. The number of halogens is 1. The van der Waals surface area contributed by atoms with Crippen LogP contribution in [0.25, 0.3) is 11.1 Å². The lowest BCUT2D eigenvalue weighted by molar-refractivity contribution is -0.122. The molecule has 2 amide bonds. The Hall–Kier alpha value is -3.50. The van der Waals surface area contributed by atoms with Gasteiger partial charge in [-0.15, -0.1) is 0 Å². The third-order valence-electron chi connectivity index (χ3n) is 4.79. The van der Waals surface area contributed by atoms with Crippen LogP contribution in [0.15, 0.2) is 78.9 Å². The van der Waals surface area contributed by atoms with Crippen LogP contribution >= 0.6 is 11.6 Å². The summed E-state index contributed by atoms with van der Waals surface area (Å²) in [6, 6.07) is 22.5. The van der Waals surface area contributed by atoms with Gasteiger partial charge in [0.05, 0.1) is 11.3 Å². The predicted molar refractivity (Wildman–Crippen MR) is 114 cm³/mol. The van der Waals surface area contributed by atoms with Crippen molar-refractivity contribution < 1.29 is 14.4 Å². The quantitative estimate of drug-likeness (QED) is 0.457. The van der Waals surface area contributed by atoms with Crippen molar-refractivity contribution in [3.8, 4) is 0 Å². The summed E-state index contributed by atoms with van der Waals surface area (Å²) in [6.07, 6.45) is 0. The average Bonchev–Trinajstić information content (AvgIpc) is 3.02. The van der Waals surface area contributed by atoms with Gasteiger partial charge in [0, 0.05) is 28.6 Å². The molecule has 142 valence electrons. The van der Waals surface area contributed by atoms with Crippen LogP contribution in [0.4, 0.5) is 5.69 Å². The summed E-state index contributed by atoms with van der Waals surface area (Å²) in [5, 5.41) is 0.522. The minimum Gasteiger partial charge on any atom is -0.289 e. The van der Waals surface area contributed by atoms with Gasteiger partial charge in [-0.1, -0.05) is 72.3 Å². The maximum atomic E-state index is 13.5. The molecule has 0 saturated heterocycles. The molecule has 0 atom stereocenters. The summed E-state index contributed by atoms with van der Waals surface area (Å²) >= 11 is 6.03. The van der Waals surface area contributed by atoms with Gasteiger partial charge in [-0.05, 0) is 23.8 Å². The zero-order chi connectivity index (χ0) is 20.5. The van der Waals surface area contributed by atoms with Crippen molar-refractivity contribution in [3.63, 3.8) is 0 Å². The number of carbonyl (C=O) groups excluding carboxylic acids is 3. The molecule has 3 aromatic carbocycles. The molecular weight excluding hydrogens is 386 g/mol. The van der Waals surface area contributed by atoms with Crippen LogP contribution in [0.2, 0.25) is 5.02 Å². The third kappa shape index (κ3) is 3.28. The number of fused-ring (bicyclic) bond motifs is 1. The third-order valence-corrected chi connectivity index (χ3v) is 5.04. The molecule has 3 aromatic rings. The summed E-state index contributed by atoms with van der Waals surface area (Å²) < 4.78 is 0. The number of Topliss-reactive ketones (excluding diaryl/α,β-unsaturated/α-hetero) is 1. The molecule has 0 bridgehead atoms. The van der Waals surface area contributed by atoms with Gasteiger partial charge in [0.2, 0.25) is 5.91 Å². The van der Waals surface area contributed by atoms with Crippen molar-refractivity contribution in [2.45, 2.75) is 6.92 Å². The van der Waals surface area contributed by atoms with Crippen LogP contribution in [0.3, 0.4) is 0 Å². The first-order valence-corrected chi connectivity index (χ1v) is 9.41. The maximum absolute atomic E-state index is 13.5. The highest BCUT2D eigenvalue weighted by atomic mass is 35.5. The molecule has 0 N–H and O–H groups in total. The van der Waals surface area contributed by atoms with Gasteiger partial charge >= 0.3 is 0 Å². The van der Waals surface area contributed by atoms with Gasteiger partial charge in [0.15, 0.2) is 5.78 Å². The lowest BCUT2D eigenvalue weighted by atomic mass is 9.89. The van der Waals surface area contributed by atoms with Gasteiger partial charge in [-0.2, -0.15) is 0 Å². The second-order valence-electron chi connectivity index (χ2n) is 6.63. The largest absolute Gasteiger partial charge is 0.289 e. The number of amides is 2. The Labute approximate surface area is 173 Å². The molecular formula is C24H16ClNO3. The summed E-state index contributed by atoms with van der Waals surface area (Å²) in [7, 11) is 0. The van der Waals surface area contributed by atoms with Gasteiger partial charge in [-0.3, -0.25) is 14.4 Å². The number of hydrogen-bond donors (Lipinski definition) is 0. The van der Waals surface area contributed by atoms with E-state index in [9.17, 15) is 14.4 Å². The first-order chi connectivity index (χ1) is 14.0. The zero-order valence-corrected chi connectivity index (χ0v) is 16.3. The lowest BCUT2D eigenvalue weighted by Crippen LogP contribution is -2.31. The van der Waals surface area contributed by atoms with Gasteiger partial charge < -0.3 is 0 Å². The fraction of sp³-hybridized carbons (Fsp3) is 0.0417. The number of nitrogens with zero attached hydrogens (tertiary/aromatic N) is 1. The van der Waals surface area contributed by atoms with Crippen molar-refractivity contribution in [1.82, 2.24) is 0 Å². The number of rotatable bonds is 3. The van der Waals surface area contributed by atoms with E-state index in [1.165, 1.54) is 6.92 Å². The molecule has 0 spiro atoms. The molecule has 0 aromatic heterocycles. The Morgan fingerprint density at radius 2 is 1.41 bits per heavy atom. The fourth-order valence-corrected chi connectivity index (χ4v) is 3.64. The van der Waals surface area contributed by atoms with E-state index in [-0.39, 0.29) is 16.9 Å². The smallest absolute Gasteiger partial charge is 0.266 e. The highest BCUT2D eigenvalue weighted by Crippen LogP contribution is 2.42. The van der Waals surface area contributed by atoms with Crippen molar-refractivity contribution in [2.75, 3.05) is 4.90 Å². The normalized spacial score (nSPS) is 14.6. The molecule has 0 aliphatic carbocycles. The number of ketones is 1. The van der Waals surface area contributed by atoms with Crippen molar-refractivity contribution >= 4 is 46.0 Å². The topological polar surface area (TPSA) is 54.5 Å². The molecule has 0 fully saturated rings. The van der Waals surface area contributed by atoms with E-state index in [0.29, 0.717) is 27.4 Å². The Morgan fingerprint density at radius 3 is 2.07 bits per heavy atom. The zero-order valence-electron chi connectivity index (χ0n) is 15.6. The van der Waals surface area contributed by atoms with Crippen LogP contribution in [0.1, 0.15) is 28.4 Å². The first-order valence-electron chi connectivity index (χ1n) is 9.03. The number of carbonyl (C=O) groups is 3. The Bertz CT molecular complexity index is 1160. The van der Waals surface area contributed by atoms with E-state index in [4.69, 9.17) is 11.6 Å². The second kappa shape index (κ2) is 7.49. The number of imide groups is 1. The molecule has 29 heavy (non-hydrogen) atoms. The van der Waals surface area contributed by atoms with Crippen molar-refractivity contribution in [3.05, 3.63) is 101 Å². The SMILES string of the molecule is CC(=O)N1C(=O)/C(=C(\C(=O)c2ccccc2)c2ccc(Cl)cc2)c2ccccc21. The lowest BCUT2D eigenvalue weighted by Gasteiger charge is -2.13. The monoisotopic (exact) mass is 401 g/mol. The van der Waals surface area contributed by atoms with E-state index in [2.05, 4.69) is 0 Å². The second-order valence-corrected chi connectivity index (χ2v) is 7.07. The van der Waals surface area contributed by atoms with Gasteiger partial charge in [-0.25, -0.2) is 4.90 Å². The van der Waals surface area contributed by atoms with Crippen LogP contribution in [0.5, 0.6) is 0 Å². The predicted octanol–water partition coefficient (Wildman–Crippen LogP) is 5.03. The van der Waals surface area contributed by atoms with E-state index in [1.807, 2.05) is 6.07 Å². The Morgan fingerprint density at radius 1 is 0.793 bits per heavy atom. The van der Waals surface area contributed by atoms with Crippen molar-refractivity contribution in [1.29, 1.82) is 0 Å². The molecule has 5 heteroatoms. The Kier molecular flexibility index (Phi) is 4.87. The molecule has 4 nitrogen and oxygen atoms in total. The summed E-state index contributed by atoms with van der Waals surface area (Å²) in [5.74, 6) is -1.20. The molecule has 4 rings (SSSR count). The average molecular weight is 402 g/mol. The number of allylic oxidation sites excluding steroid dienone is 1. The molecule has 1 aliphatic rings. The number of benzene rings is 3. The van der Waals surface area contributed by atoms with E-state index < -0.39 is 11.8 Å². The van der Waals surface area contributed by atoms with Gasteiger partial charge in [0.25, 0.3) is 5.91 Å². The molecule has 0 unspecified atom stereocenters. The first kappa shape index (κ1) is 18.8. The van der Waals surface area contributed by atoms with E-state index >= 15 is 0 Å². The molecule has 0 radical (unpaired) electrons. The van der Waals surface area contributed by atoms with Crippen LogP contribution in [0, 0.1) is 0 Å².